The first kappa shape index (κ1) is 27.7. The summed E-state index contributed by atoms with van der Waals surface area (Å²) in [6, 6.07) is 2.94. The molecule has 1 aromatic carbocycles. The summed E-state index contributed by atoms with van der Waals surface area (Å²) in [5.74, 6) is -0.415. The summed E-state index contributed by atoms with van der Waals surface area (Å²) in [5, 5.41) is 8.04. The number of hydrogen-bond acceptors (Lipinski definition) is 5. The Morgan fingerprint density at radius 1 is 1.15 bits per heavy atom. The van der Waals surface area contributed by atoms with Crippen LogP contribution in [0.2, 0.25) is 0 Å². The van der Waals surface area contributed by atoms with Crippen LogP contribution in [0.5, 0.6) is 0 Å². The normalized spacial score (nSPS) is 16.9. The molecule has 3 N–H and O–H groups in total. The van der Waals surface area contributed by atoms with Crippen molar-refractivity contribution in [3.05, 3.63) is 35.4 Å². The van der Waals surface area contributed by atoms with Crippen LogP contribution in [0.1, 0.15) is 63.0 Å². The Balaban J connectivity index is 1.93. The Morgan fingerprint density at radius 2 is 1.85 bits per heavy atom. The molecule has 0 unspecified atom stereocenters. The van der Waals surface area contributed by atoms with Gasteiger partial charge in [0, 0.05) is 25.6 Å². The van der Waals surface area contributed by atoms with Gasteiger partial charge in [-0.25, -0.2) is 0 Å². The van der Waals surface area contributed by atoms with Crippen molar-refractivity contribution in [1.82, 2.24) is 16.0 Å². The largest absolute Gasteiger partial charge is 0.416 e. The third kappa shape index (κ3) is 9.74. The summed E-state index contributed by atoms with van der Waals surface area (Å²) in [7, 11) is 0. The van der Waals surface area contributed by atoms with Gasteiger partial charge in [-0.1, -0.05) is 36.7 Å². The van der Waals surface area contributed by atoms with Gasteiger partial charge in [0.15, 0.2) is 5.12 Å². The number of piperidine rings is 1. The van der Waals surface area contributed by atoms with Crippen LogP contribution in [0.4, 0.5) is 13.2 Å². The van der Waals surface area contributed by atoms with Crippen molar-refractivity contribution in [3.63, 3.8) is 0 Å². The second-order valence-corrected chi connectivity index (χ2v) is 9.45. The number of nitrogens with one attached hydrogen (secondary N) is 3. The molecule has 1 saturated heterocycles. The third-order valence-corrected chi connectivity index (χ3v) is 6.27. The molecule has 34 heavy (non-hydrogen) atoms. The van der Waals surface area contributed by atoms with E-state index in [-0.39, 0.29) is 17.6 Å². The summed E-state index contributed by atoms with van der Waals surface area (Å²) in [5.41, 5.74) is -0.280. The number of amides is 3. The zero-order chi connectivity index (χ0) is 25.1. The SMILES string of the molecule is CC(=O)SCCCCC[C@H](NC(=O)[C@@H]1CCCC(=O)N1)C(=O)NCc1ccc(C(F)(F)F)cc1. The molecular formula is C23H30F3N3O4S. The Labute approximate surface area is 201 Å². The van der Waals surface area contributed by atoms with Gasteiger partial charge in [0.25, 0.3) is 0 Å². The van der Waals surface area contributed by atoms with Gasteiger partial charge in [0.2, 0.25) is 17.7 Å². The average Bonchev–Trinajstić information content (AvgIpc) is 2.78. The molecular weight excluding hydrogens is 471 g/mol. The lowest BCUT2D eigenvalue weighted by molar-refractivity contribution is -0.137. The molecule has 0 radical (unpaired) electrons. The summed E-state index contributed by atoms with van der Waals surface area (Å²) >= 11 is 1.24. The number of carbonyl (C=O) groups is 4. The second kappa shape index (κ2) is 13.4. The molecule has 1 aromatic rings. The topological polar surface area (TPSA) is 104 Å². The number of halogens is 3. The maximum atomic E-state index is 12.8. The van der Waals surface area contributed by atoms with Crippen LogP contribution in [-0.2, 0) is 31.9 Å². The zero-order valence-electron chi connectivity index (χ0n) is 19.0. The van der Waals surface area contributed by atoms with Crippen LogP contribution in [-0.4, -0.2) is 40.7 Å². The summed E-state index contributed by atoms with van der Waals surface area (Å²) < 4.78 is 38.2. The van der Waals surface area contributed by atoms with E-state index in [1.54, 1.807) is 0 Å². The second-order valence-electron chi connectivity index (χ2n) is 8.18. The first-order valence-corrected chi connectivity index (χ1v) is 12.2. The molecule has 2 rings (SSSR count). The molecule has 3 amide bonds. The van der Waals surface area contributed by atoms with E-state index in [4.69, 9.17) is 0 Å². The molecule has 1 fully saturated rings. The number of benzene rings is 1. The Kier molecular flexibility index (Phi) is 10.9. The van der Waals surface area contributed by atoms with Crippen molar-refractivity contribution in [1.29, 1.82) is 0 Å². The molecule has 0 spiro atoms. The summed E-state index contributed by atoms with van der Waals surface area (Å²) in [6.07, 6.45) is -0.462. The highest BCUT2D eigenvalue weighted by Crippen LogP contribution is 2.29. The predicted molar refractivity (Wildman–Crippen MR) is 123 cm³/mol. The highest BCUT2D eigenvalue weighted by atomic mass is 32.2. The first-order valence-electron chi connectivity index (χ1n) is 11.2. The maximum absolute atomic E-state index is 12.8. The number of unbranched alkanes of at least 4 members (excludes halogenated alkanes) is 2. The smallest absolute Gasteiger partial charge is 0.350 e. The zero-order valence-corrected chi connectivity index (χ0v) is 19.8. The minimum absolute atomic E-state index is 0.0127. The molecule has 0 saturated carbocycles. The standard InChI is InChI=1S/C23H30F3N3O4S/c1-15(30)34-13-4-2-3-6-18(29-22(33)19-7-5-8-20(31)28-19)21(32)27-14-16-9-11-17(12-10-16)23(24,25)26/h9-12,18-19H,2-8,13-14H2,1H3,(H,27,32)(H,28,31)(H,29,33)/t18-,19-/m0/s1. The van der Waals surface area contributed by atoms with Crippen LogP contribution >= 0.6 is 11.8 Å². The predicted octanol–water partition coefficient (Wildman–Crippen LogP) is 3.32. The molecule has 1 heterocycles. The van der Waals surface area contributed by atoms with E-state index in [2.05, 4.69) is 16.0 Å². The molecule has 1 aliphatic heterocycles. The molecule has 7 nitrogen and oxygen atoms in total. The van der Waals surface area contributed by atoms with Crippen LogP contribution < -0.4 is 16.0 Å². The maximum Gasteiger partial charge on any atom is 0.416 e. The van der Waals surface area contributed by atoms with E-state index in [0.29, 0.717) is 43.4 Å². The number of carbonyl (C=O) groups excluding carboxylic acids is 4. The van der Waals surface area contributed by atoms with Crippen molar-refractivity contribution in [2.75, 3.05) is 5.75 Å². The van der Waals surface area contributed by atoms with Crippen molar-refractivity contribution < 1.29 is 32.3 Å². The van der Waals surface area contributed by atoms with Gasteiger partial charge in [-0.15, -0.1) is 0 Å². The molecule has 1 aliphatic rings. The van der Waals surface area contributed by atoms with Gasteiger partial charge in [-0.05, 0) is 43.4 Å². The number of thioether (sulfide) groups is 1. The van der Waals surface area contributed by atoms with Crippen LogP contribution in [0.15, 0.2) is 24.3 Å². The Hall–Kier alpha value is -2.56. The van der Waals surface area contributed by atoms with Gasteiger partial charge in [0.1, 0.15) is 12.1 Å². The monoisotopic (exact) mass is 501 g/mol. The van der Waals surface area contributed by atoms with Crippen molar-refractivity contribution in [2.24, 2.45) is 0 Å². The van der Waals surface area contributed by atoms with E-state index in [9.17, 15) is 32.3 Å². The van der Waals surface area contributed by atoms with Gasteiger partial charge < -0.3 is 16.0 Å². The van der Waals surface area contributed by atoms with Gasteiger partial charge in [0.05, 0.1) is 5.56 Å². The lowest BCUT2D eigenvalue weighted by Gasteiger charge is -2.25. The van der Waals surface area contributed by atoms with E-state index >= 15 is 0 Å². The van der Waals surface area contributed by atoms with Crippen molar-refractivity contribution in [3.8, 4) is 0 Å². The average molecular weight is 502 g/mol. The highest BCUT2D eigenvalue weighted by Gasteiger charge is 2.30. The first-order chi connectivity index (χ1) is 16.1. The van der Waals surface area contributed by atoms with Gasteiger partial charge in [-0.3, -0.25) is 19.2 Å². The molecule has 11 heteroatoms. The fraction of sp³-hybridized carbons (Fsp3) is 0.565. The number of hydrogen-bond donors (Lipinski definition) is 3. The summed E-state index contributed by atoms with van der Waals surface area (Å²) in [6.45, 7) is 1.51. The highest BCUT2D eigenvalue weighted by molar-refractivity contribution is 8.13. The lowest BCUT2D eigenvalue weighted by Crippen LogP contribution is -2.54. The minimum atomic E-state index is -4.44. The summed E-state index contributed by atoms with van der Waals surface area (Å²) in [4.78, 5) is 48.0. The van der Waals surface area contributed by atoms with E-state index in [1.807, 2.05) is 0 Å². The van der Waals surface area contributed by atoms with E-state index in [1.165, 1.54) is 30.8 Å². The molecule has 0 bridgehead atoms. The van der Waals surface area contributed by atoms with E-state index < -0.39 is 35.6 Å². The minimum Gasteiger partial charge on any atom is -0.350 e. The van der Waals surface area contributed by atoms with Gasteiger partial charge in [-0.2, -0.15) is 13.2 Å². The van der Waals surface area contributed by atoms with Crippen LogP contribution in [0.3, 0.4) is 0 Å². The fourth-order valence-corrected chi connectivity index (χ4v) is 4.15. The fourth-order valence-electron chi connectivity index (χ4n) is 3.51. The quantitative estimate of drug-likeness (QED) is 0.404. The lowest BCUT2D eigenvalue weighted by atomic mass is 10.0. The number of alkyl halides is 3. The third-order valence-electron chi connectivity index (χ3n) is 5.37. The molecule has 0 aliphatic carbocycles. The van der Waals surface area contributed by atoms with Crippen molar-refractivity contribution in [2.45, 2.75) is 76.7 Å². The van der Waals surface area contributed by atoms with Gasteiger partial charge >= 0.3 is 6.18 Å². The molecule has 0 aromatic heterocycles. The van der Waals surface area contributed by atoms with Crippen LogP contribution in [0, 0.1) is 0 Å². The Morgan fingerprint density at radius 3 is 2.47 bits per heavy atom. The Bertz CT molecular complexity index is 862. The van der Waals surface area contributed by atoms with E-state index in [0.717, 1.165) is 25.0 Å². The molecule has 2 atom stereocenters. The molecule has 188 valence electrons. The van der Waals surface area contributed by atoms with Crippen LogP contribution in [0.25, 0.3) is 0 Å². The number of rotatable bonds is 11. The van der Waals surface area contributed by atoms with Crippen molar-refractivity contribution >= 4 is 34.6 Å².